The van der Waals surface area contributed by atoms with Crippen LogP contribution in [0.5, 0.6) is 0 Å². The van der Waals surface area contributed by atoms with Gasteiger partial charge >= 0.3 is 0 Å². The van der Waals surface area contributed by atoms with Crippen molar-refractivity contribution >= 4 is 0 Å². The van der Waals surface area contributed by atoms with Crippen LogP contribution in [0.3, 0.4) is 0 Å². The number of aliphatic hydroxyl groups is 1. The summed E-state index contributed by atoms with van der Waals surface area (Å²) in [6.45, 7) is 3.11. The molecule has 2 rings (SSSR count). The lowest BCUT2D eigenvalue weighted by molar-refractivity contribution is 0.293. The second-order valence-corrected chi connectivity index (χ2v) is 3.41. The highest BCUT2D eigenvalue weighted by molar-refractivity contribution is 5.48. The van der Waals surface area contributed by atoms with Crippen molar-refractivity contribution in [3.8, 4) is 11.5 Å². The third kappa shape index (κ3) is 1.97. The van der Waals surface area contributed by atoms with E-state index in [-0.39, 0.29) is 6.61 Å². The average Bonchev–Trinajstić information content (AvgIpc) is 2.66. The van der Waals surface area contributed by atoms with Gasteiger partial charge in [-0.2, -0.15) is 0 Å². The van der Waals surface area contributed by atoms with Gasteiger partial charge in [0.25, 0.3) is 0 Å². The van der Waals surface area contributed by atoms with Crippen LogP contribution in [0.1, 0.15) is 19.2 Å². The zero-order valence-corrected chi connectivity index (χ0v) is 8.72. The number of nitrogens with zero attached hydrogens (tertiary/aromatic N) is 4. The molecule has 0 atom stereocenters. The highest BCUT2D eigenvalue weighted by atomic mass is 16.3. The molecular formula is C10H14N4O. The molecule has 0 aromatic carbocycles. The van der Waals surface area contributed by atoms with Gasteiger partial charge in [-0.05, 0) is 6.42 Å². The molecule has 0 aromatic rings. The molecule has 0 unspecified atom stereocenters. The topological polar surface area (TPSA) is 63.8 Å². The predicted octanol–water partition coefficient (Wildman–Crippen LogP) is 0.723. The van der Waals surface area contributed by atoms with Gasteiger partial charge in [-0.15, -0.1) is 0 Å². The molecule has 2 aliphatic heterocycles. The highest BCUT2D eigenvalue weighted by Crippen LogP contribution is 2.15. The molecule has 0 aromatic heterocycles. The van der Waals surface area contributed by atoms with Crippen LogP contribution in [0.15, 0.2) is 12.5 Å². The Morgan fingerprint density at radius 3 is 3.00 bits per heavy atom. The maximum Gasteiger partial charge on any atom is 0.182 e. The van der Waals surface area contributed by atoms with Crippen LogP contribution < -0.4 is 0 Å². The van der Waals surface area contributed by atoms with Gasteiger partial charge in [0.15, 0.2) is 5.82 Å². The predicted molar refractivity (Wildman–Crippen MR) is 55.5 cm³/mol. The van der Waals surface area contributed by atoms with E-state index >= 15 is 0 Å². The number of aromatic nitrogens is 4. The number of aryl methyl sites for hydroxylation is 1. The summed E-state index contributed by atoms with van der Waals surface area (Å²) in [5.74, 6) is 1.53. The summed E-state index contributed by atoms with van der Waals surface area (Å²) in [6.07, 6.45) is 5.05. The second-order valence-electron chi connectivity index (χ2n) is 3.41. The van der Waals surface area contributed by atoms with Crippen molar-refractivity contribution in [3.63, 3.8) is 0 Å². The first-order chi connectivity index (χ1) is 7.35. The molecule has 0 saturated heterocycles. The maximum absolute atomic E-state index is 8.95. The van der Waals surface area contributed by atoms with Crippen molar-refractivity contribution in [3.05, 3.63) is 18.3 Å². The van der Waals surface area contributed by atoms with Crippen molar-refractivity contribution in [1.29, 1.82) is 0 Å². The van der Waals surface area contributed by atoms with Gasteiger partial charge in [0.1, 0.15) is 17.8 Å². The van der Waals surface area contributed by atoms with Crippen LogP contribution in [0.25, 0.3) is 11.5 Å². The molecule has 0 saturated carbocycles. The molecular weight excluding hydrogens is 192 g/mol. The Morgan fingerprint density at radius 1 is 1.40 bits per heavy atom. The minimum Gasteiger partial charge on any atom is -0.396 e. The van der Waals surface area contributed by atoms with Gasteiger partial charge in [0.05, 0.1) is 6.61 Å². The summed E-state index contributed by atoms with van der Waals surface area (Å²) < 4.78 is 2.03. The maximum atomic E-state index is 8.95. The fourth-order valence-electron chi connectivity index (χ4n) is 1.59. The van der Waals surface area contributed by atoms with Crippen molar-refractivity contribution < 1.29 is 5.11 Å². The first kappa shape index (κ1) is 10.0. The van der Waals surface area contributed by atoms with E-state index in [1.54, 1.807) is 0 Å². The van der Waals surface area contributed by atoms with E-state index in [0.29, 0.717) is 12.2 Å². The van der Waals surface area contributed by atoms with Crippen LogP contribution >= 0.6 is 0 Å². The van der Waals surface area contributed by atoms with Crippen LogP contribution in [0.2, 0.25) is 0 Å². The van der Waals surface area contributed by atoms with Crippen LogP contribution in [0, 0.1) is 0 Å². The molecule has 1 N–H and O–H groups in total. The molecule has 0 spiro atoms. The Bertz CT molecular complexity index is 375. The van der Waals surface area contributed by atoms with E-state index in [1.807, 2.05) is 10.8 Å². The normalized spacial score (nSPS) is 11.1. The van der Waals surface area contributed by atoms with Crippen molar-refractivity contribution in [1.82, 2.24) is 19.5 Å². The van der Waals surface area contributed by atoms with Gasteiger partial charge in [0.2, 0.25) is 0 Å². The first-order valence-electron chi connectivity index (χ1n) is 5.12. The molecule has 0 radical (unpaired) electrons. The molecule has 2 heterocycles. The SMILES string of the molecule is CCCn1cc2ncnc-2nc1CCO. The van der Waals surface area contributed by atoms with Crippen molar-refractivity contribution in [2.24, 2.45) is 0 Å². The number of rotatable bonds is 4. The van der Waals surface area contributed by atoms with E-state index in [1.165, 1.54) is 6.33 Å². The number of aliphatic hydroxyl groups excluding tert-OH is 1. The molecule has 0 aliphatic carbocycles. The van der Waals surface area contributed by atoms with E-state index in [0.717, 1.165) is 24.5 Å². The van der Waals surface area contributed by atoms with Crippen molar-refractivity contribution in [2.75, 3.05) is 6.61 Å². The Hall–Kier alpha value is -1.49. The summed E-state index contributed by atoms with van der Waals surface area (Å²) in [7, 11) is 0. The van der Waals surface area contributed by atoms with Crippen LogP contribution in [-0.2, 0) is 13.0 Å². The Morgan fingerprint density at radius 2 is 2.27 bits per heavy atom. The smallest absolute Gasteiger partial charge is 0.182 e. The fraction of sp³-hybridized carbons (Fsp3) is 0.500. The summed E-state index contributed by atoms with van der Waals surface area (Å²) in [4.78, 5) is 12.5. The van der Waals surface area contributed by atoms with Gasteiger partial charge in [0, 0.05) is 19.2 Å². The summed E-state index contributed by atoms with van der Waals surface area (Å²) in [5, 5.41) is 8.95. The number of fused-ring (bicyclic) bond motifs is 1. The molecule has 0 bridgehead atoms. The number of hydrogen-bond acceptors (Lipinski definition) is 4. The standard InChI is InChI=1S/C10H14N4O/c1-2-4-14-6-8-10(12-7-11-8)13-9(14)3-5-15/h6-7,15H,2-5H2,1H3. The van der Waals surface area contributed by atoms with Gasteiger partial charge in [-0.1, -0.05) is 6.92 Å². The third-order valence-electron chi connectivity index (χ3n) is 2.25. The minimum absolute atomic E-state index is 0.107. The third-order valence-corrected chi connectivity index (χ3v) is 2.25. The number of imidazole rings is 1. The largest absolute Gasteiger partial charge is 0.396 e. The zero-order chi connectivity index (χ0) is 10.7. The van der Waals surface area contributed by atoms with E-state index < -0.39 is 0 Å². The highest BCUT2D eigenvalue weighted by Gasteiger charge is 2.11. The zero-order valence-electron chi connectivity index (χ0n) is 8.72. The summed E-state index contributed by atoms with van der Waals surface area (Å²) in [5.41, 5.74) is 0.810. The quantitative estimate of drug-likeness (QED) is 0.800. The van der Waals surface area contributed by atoms with Gasteiger partial charge < -0.3 is 9.67 Å². The molecule has 0 fully saturated rings. The van der Waals surface area contributed by atoms with Crippen molar-refractivity contribution in [2.45, 2.75) is 26.3 Å². The molecule has 15 heavy (non-hydrogen) atoms. The molecule has 2 aliphatic rings. The summed E-state index contributed by atoms with van der Waals surface area (Å²) in [6, 6.07) is 0. The molecule has 0 amide bonds. The van der Waals surface area contributed by atoms with Crippen LogP contribution in [0.4, 0.5) is 0 Å². The molecule has 5 nitrogen and oxygen atoms in total. The van der Waals surface area contributed by atoms with E-state index in [4.69, 9.17) is 5.11 Å². The summed E-state index contributed by atoms with van der Waals surface area (Å²) >= 11 is 0. The monoisotopic (exact) mass is 206 g/mol. The lowest BCUT2D eigenvalue weighted by Gasteiger charge is -2.12. The lowest BCUT2D eigenvalue weighted by atomic mass is 10.3. The van der Waals surface area contributed by atoms with Gasteiger partial charge in [-0.3, -0.25) is 0 Å². The molecule has 80 valence electrons. The minimum atomic E-state index is 0.107. The first-order valence-corrected chi connectivity index (χ1v) is 5.12. The Kier molecular flexibility index (Phi) is 2.91. The van der Waals surface area contributed by atoms with Crippen LogP contribution in [-0.4, -0.2) is 31.2 Å². The lowest BCUT2D eigenvalue weighted by Crippen LogP contribution is -2.12. The average molecular weight is 206 g/mol. The second kappa shape index (κ2) is 4.35. The van der Waals surface area contributed by atoms with E-state index in [9.17, 15) is 0 Å². The number of hydrogen-bond donors (Lipinski definition) is 1. The fourth-order valence-corrected chi connectivity index (χ4v) is 1.59. The Labute approximate surface area is 88.2 Å². The Balaban J connectivity index is 2.44. The molecule has 5 heteroatoms. The van der Waals surface area contributed by atoms with Gasteiger partial charge in [-0.25, -0.2) is 15.0 Å². The van der Waals surface area contributed by atoms with E-state index in [2.05, 4.69) is 21.9 Å².